The second-order valence-corrected chi connectivity index (χ2v) is 8.40. The molecule has 1 aliphatic heterocycles. The van der Waals surface area contributed by atoms with Gasteiger partial charge in [-0.1, -0.05) is 26.0 Å². The molecule has 168 valence electrons. The number of hydroxylamine groups is 1. The highest BCUT2D eigenvalue weighted by molar-refractivity contribution is 5.89. The molecule has 0 radical (unpaired) electrons. The second-order valence-electron chi connectivity index (χ2n) is 8.40. The maximum Gasteiger partial charge on any atom is 0.272 e. The number of aliphatic hydroxyl groups excluding tert-OH is 1. The van der Waals surface area contributed by atoms with Gasteiger partial charge in [0, 0.05) is 36.9 Å². The molecule has 9 nitrogen and oxygen atoms in total. The molecule has 2 aromatic rings. The van der Waals surface area contributed by atoms with Crippen LogP contribution in [0.15, 0.2) is 41.3 Å². The Balaban J connectivity index is 1.72. The van der Waals surface area contributed by atoms with Gasteiger partial charge in [-0.15, -0.1) is 0 Å². The van der Waals surface area contributed by atoms with Crippen molar-refractivity contribution >= 4 is 17.5 Å². The van der Waals surface area contributed by atoms with Crippen LogP contribution in [0.5, 0.6) is 0 Å². The number of amides is 2. The molecule has 1 aliphatic rings. The Hall–Kier alpha value is -2.91. The van der Waals surface area contributed by atoms with E-state index in [1.807, 2.05) is 45.0 Å². The molecule has 1 aromatic carbocycles. The number of aromatic nitrogens is 1. The summed E-state index contributed by atoms with van der Waals surface area (Å²) in [5, 5.41) is 19.2. The Morgan fingerprint density at radius 1 is 1.32 bits per heavy atom. The quantitative estimate of drug-likeness (QED) is 0.453. The SMILES string of the molecule is CC(C)C[C@H](C(=O)N1CCN(c2cccc(-c3cnco3)c2)C[C@H]1C)[C@H](O)C(=O)NO. The summed E-state index contributed by atoms with van der Waals surface area (Å²) in [6.45, 7) is 7.50. The third-order valence-electron chi connectivity index (χ3n) is 5.64. The van der Waals surface area contributed by atoms with Crippen molar-refractivity contribution < 1.29 is 24.3 Å². The molecular formula is C22H30N4O5. The minimum Gasteiger partial charge on any atom is -0.444 e. The van der Waals surface area contributed by atoms with E-state index in [0.29, 0.717) is 31.8 Å². The van der Waals surface area contributed by atoms with Crippen LogP contribution in [0.1, 0.15) is 27.2 Å². The molecule has 1 fully saturated rings. The van der Waals surface area contributed by atoms with Gasteiger partial charge in [-0.25, -0.2) is 10.5 Å². The van der Waals surface area contributed by atoms with E-state index in [1.165, 1.54) is 11.9 Å². The zero-order chi connectivity index (χ0) is 22.5. The lowest BCUT2D eigenvalue weighted by molar-refractivity contribution is -0.152. The molecule has 1 aromatic heterocycles. The predicted octanol–water partition coefficient (Wildman–Crippen LogP) is 1.91. The first kappa shape index (κ1) is 22.8. The van der Waals surface area contributed by atoms with Crippen molar-refractivity contribution in [3.63, 3.8) is 0 Å². The fourth-order valence-corrected chi connectivity index (χ4v) is 4.07. The van der Waals surface area contributed by atoms with Gasteiger partial charge in [0.1, 0.15) is 6.10 Å². The van der Waals surface area contributed by atoms with Crippen LogP contribution >= 0.6 is 0 Å². The normalized spacial score (nSPS) is 18.7. The van der Waals surface area contributed by atoms with Crippen LogP contribution < -0.4 is 10.4 Å². The molecular weight excluding hydrogens is 400 g/mol. The van der Waals surface area contributed by atoms with Crippen LogP contribution in [0.4, 0.5) is 5.69 Å². The van der Waals surface area contributed by atoms with Crippen molar-refractivity contribution in [3.8, 4) is 11.3 Å². The standard InChI is InChI=1S/C22H30N4O5/c1-14(2)9-18(20(27)21(28)24-30)22(29)26-8-7-25(12-15(26)3)17-6-4-5-16(10-17)19-11-23-13-31-19/h4-6,10-11,13-15,18,20,27,30H,7-9,12H2,1-3H3,(H,24,28)/t15-,18+,20+/m1/s1. The number of piperazine rings is 1. The lowest BCUT2D eigenvalue weighted by Gasteiger charge is -2.42. The molecule has 2 amide bonds. The highest BCUT2D eigenvalue weighted by atomic mass is 16.5. The number of benzene rings is 1. The van der Waals surface area contributed by atoms with Crippen molar-refractivity contribution in [2.45, 2.75) is 39.3 Å². The van der Waals surface area contributed by atoms with Crippen molar-refractivity contribution in [1.82, 2.24) is 15.4 Å². The monoisotopic (exact) mass is 430 g/mol. The van der Waals surface area contributed by atoms with Gasteiger partial charge < -0.3 is 19.3 Å². The molecule has 0 unspecified atom stereocenters. The van der Waals surface area contributed by atoms with Crippen LogP contribution in [0.2, 0.25) is 0 Å². The van der Waals surface area contributed by atoms with Gasteiger partial charge in [0.2, 0.25) is 5.91 Å². The van der Waals surface area contributed by atoms with E-state index in [4.69, 9.17) is 9.62 Å². The topological polar surface area (TPSA) is 119 Å². The Bertz CT molecular complexity index is 886. The summed E-state index contributed by atoms with van der Waals surface area (Å²) in [6, 6.07) is 7.84. The Kier molecular flexibility index (Phi) is 7.29. The van der Waals surface area contributed by atoms with Crippen molar-refractivity contribution in [2.24, 2.45) is 11.8 Å². The molecule has 31 heavy (non-hydrogen) atoms. The molecule has 0 bridgehead atoms. The van der Waals surface area contributed by atoms with E-state index in [0.717, 1.165) is 11.3 Å². The summed E-state index contributed by atoms with van der Waals surface area (Å²) >= 11 is 0. The number of nitrogens with one attached hydrogen (secondary N) is 1. The lowest BCUT2D eigenvalue weighted by atomic mass is 9.89. The maximum absolute atomic E-state index is 13.2. The number of carbonyl (C=O) groups excluding carboxylic acids is 2. The molecule has 3 atom stereocenters. The summed E-state index contributed by atoms with van der Waals surface area (Å²) in [5.74, 6) is -1.35. The smallest absolute Gasteiger partial charge is 0.272 e. The number of rotatable bonds is 7. The average molecular weight is 431 g/mol. The van der Waals surface area contributed by atoms with E-state index in [1.54, 1.807) is 11.1 Å². The van der Waals surface area contributed by atoms with E-state index in [9.17, 15) is 14.7 Å². The number of hydrogen-bond acceptors (Lipinski definition) is 7. The first-order valence-corrected chi connectivity index (χ1v) is 10.5. The summed E-state index contributed by atoms with van der Waals surface area (Å²) in [4.78, 5) is 32.9. The third-order valence-corrected chi connectivity index (χ3v) is 5.64. The zero-order valence-electron chi connectivity index (χ0n) is 18.1. The van der Waals surface area contributed by atoms with E-state index in [-0.39, 0.29) is 17.9 Å². The fraction of sp³-hybridized carbons (Fsp3) is 0.500. The number of oxazole rings is 1. The number of aliphatic hydroxyl groups is 1. The predicted molar refractivity (Wildman–Crippen MR) is 114 cm³/mol. The molecule has 1 saturated heterocycles. The maximum atomic E-state index is 13.2. The lowest BCUT2D eigenvalue weighted by Crippen LogP contribution is -2.57. The highest BCUT2D eigenvalue weighted by Crippen LogP contribution is 2.27. The summed E-state index contributed by atoms with van der Waals surface area (Å²) in [5.41, 5.74) is 3.40. The molecule has 9 heteroatoms. The number of hydrogen-bond donors (Lipinski definition) is 3. The first-order valence-electron chi connectivity index (χ1n) is 10.5. The van der Waals surface area contributed by atoms with Gasteiger partial charge in [0.25, 0.3) is 5.91 Å². The van der Waals surface area contributed by atoms with E-state index < -0.39 is 17.9 Å². The summed E-state index contributed by atoms with van der Waals surface area (Å²) < 4.78 is 5.38. The number of nitrogens with zero attached hydrogens (tertiary/aromatic N) is 3. The first-order chi connectivity index (χ1) is 14.8. The molecule has 2 heterocycles. The minimum absolute atomic E-state index is 0.102. The zero-order valence-corrected chi connectivity index (χ0v) is 18.1. The largest absolute Gasteiger partial charge is 0.444 e. The third kappa shape index (κ3) is 5.23. The molecule has 3 N–H and O–H groups in total. The van der Waals surface area contributed by atoms with Crippen molar-refractivity contribution in [3.05, 3.63) is 36.9 Å². The fourth-order valence-electron chi connectivity index (χ4n) is 4.07. The number of carbonyl (C=O) groups is 2. The summed E-state index contributed by atoms with van der Waals surface area (Å²) in [6.07, 6.45) is 1.82. The van der Waals surface area contributed by atoms with Crippen LogP contribution in [0.3, 0.4) is 0 Å². The molecule has 0 saturated carbocycles. The summed E-state index contributed by atoms with van der Waals surface area (Å²) in [7, 11) is 0. The van der Waals surface area contributed by atoms with E-state index >= 15 is 0 Å². The molecule has 3 rings (SSSR count). The van der Waals surface area contributed by atoms with Gasteiger partial charge in [0.15, 0.2) is 12.2 Å². The van der Waals surface area contributed by atoms with Gasteiger partial charge >= 0.3 is 0 Å². The van der Waals surface area contributed by atoms with Gasteiger partial charge in [-0.3, -0.25) is 14.8 Å². The van der Waals surface area contributed by atoms with Crippen LogP contribution in [-0.4, -0.2) is 63.8 Å². The second kappa shape index (κ2) is 9.93. The Morgan fingerprint density at radius 3 is 2.71 bits per heavy atom. The van der Waals surface area contributed by atoms with Gasteiger partial charge in [-0.05, 0) is 31.4 Å². The van der Waals surface area contributed by atoms with Crippen molar-refractivity contribution in [2.75, 3.05) is 24.5 Å². The Labute approximate surface area is 181 Å². The Morgan fingerprint density at radius 2 is 2.10 bits per heavy atom. The van der Waals surface area contributed by atoms with Crippen LogP contribution in [0.25, 0.3) is 11.3 Å². The average Bonchev–Trinajstić information content (AvgIpc) is 3.31. The van der Waals surface area contributed by atoms with E-state index in [2.05, 4.69) is 9.88 Å². The van der Waals surface area contributed by atoms with Gasteiger partial charge in [-0.2, -0.15) is 0 Å². The minimum atomic E-state index is -1.59. The highest BCUT2D eigenvalue weighted by Gasteiger charge is 2.38. The molecule has 0 spiro atoms. The van der Waals surface area contributed by atoms with Gasteiger partial charge in [0.05, 0.1) is 12.1 Å². The van der Waals surface area contributed by atoms with Crippen LogP contribution in [0, 0.1) is 11.8 Å². The molecule has 0 aliphatic carbocycles. The number of anilines is 1. The van der Waals surface area contributed by atoms with Crippen molar-refractivity contribution in [1.29, 1.82) is 0 Å². The van der Waals surface area contributed by atoms with Crippen LogP contribution in [-0.2, 0) is 9.59 Å².